The lowest BCUT2D eigenvalue weighted by Crippen LogP contribution is -2.34. The zero-order valence-corrected chi connectivity index (χ0v) is 6.77. The lowest BCUT2D eigenvalue weighted by molar-refractivity contribution is 0.314. The first kappa shape index (κ1) is 7.71. The molecular formula is C6H6N4O3. The second-order valence-electron chi connectivity index (χ2n) is 2.44. The molecule has 0 saturated carbocycles. The molecule has 2 aromatic rings. The number of fused-ring (bicyclic) bond motifs is 1. The van der Waals surface area contributed by atoms with Crippen LogP contribution in [0.3, 0.4) is 0 Å². The third-order valence-electron chi connectivity index (χ3n) is 1.72. The minimum absolute atomic E-state index is 0.0430. The van der Waals surface area contributed by atoms with Gasteiger partial charge in [0.2, 0.25) is 11.2 Å². The highest BCUT2D eigenvalue weighted by Gasteiger charge is 2.09. The summed E-state index contributed by atoms with van der Waals surface area (Å²) in [5.74, 6) is 0. The van der Waals surface area contributed by atoms with E-state index in [0.29, 0.717) is 0 Å². The number of nitrogens with one attached hydrogen (secondary N) is 1. The van der Waals surface area contributed by atoms with Gasteiger partial charge in [0.15, 0.2) is 0 Å². The zero-order valence-electron chi connectivity index (χ0n) is 6.77. The maximum atomic E-state index is 11.4. The third-order valence-corrected chi connectivity index (χ3v) is 1.72. The first-order valence-corrected chi connectivity index (χ1v) is 3.69. The summed E-state index contributed by atoms with van der Waals surface area (Å²) < 4.78 is 5.34. The molecule has 0 aliphatic carbocycles. The van der Waals surface area contributed by atoms with E-state index in [0.717, 1.165) is 4.57 Å². The summed E-state index contributed by atoms with van der Waals surface area (Å²) >= 11 is 0. The van der Waals surface area contributed by atoms with Gasteiger partial charge in [0.25, 0.3) is 5.56 Å². The molecule has 7 nitrogen and oxygen atoms in total. The number of aromatic amines is 1. The Morgan fingerprint density at radius 2 is 2.23 bits per heavy atom. The minimum Gasteiger partial charge on any atom is -0.287 e. The fraction of sp³-hybridized carbons (Fsp3) is 0.333. The minimum atomic E-state index is -0.504. The van der Waals surface area contributed by atoms with Crippen LogP contribution in [-0.4, -0.2) is 19.9 Å². The van der Waals surface area contributed by atoms with E-state index >= 15 is 0 Å². The highest BCUT2D eigenvalue weighted by atomic mass is 16.6. The standard InChI is InChI=1S/C6H6N4O3/c1-2-10-5(11)3-4(7-6(10)12)9-13-8-3/h2H2,1H3,(H,7,9,12). The van der Waals surface area contributed by atoms with Crippen LogP contribution < -0.4 is 11.2 Å². The normalized spacial score (nSPS) is 10.8. The van der Waals surface area contributed by atoms with Crippen molar-refractivity contribution in [1.29, 1.82) is 0 Å². The molecule has 0 saturated heterocycles. The monoisotopic (exact) mass is 182 g/mol. The van der Waals surface area contributed by atoms with Crippen molar-refractivity contribution >= 4 is 11.2 Å². The summed E-state index contributed by atoms with van der Waals surface area (Å²) in [6.07, 6.45) is 0. The van der Waals surface area contributed by atoms with Gasteiger partial charge in [-0.15, -0.1) is 0 Å². The van der Waals surface area contributed by atoms with Crippen LogP contribution in [0.15, 0.2) is 14.2 Å². The molecule has 2 aromatic heterocycles. The first-order chi connectivity index (χ1) is 6.24. The van der Waals surface area contributed by atoms with Gasteiger partial charge in [0, 0.05) is 6.54 Å². The number of H-pyrrole nitrogens is 1. The van der Waals surface area contributed by atoms with Crippen LogP contribution in [0.5, 0.6) is 0 Å². The predicted molar refractivity (Wildman–Crippen MR) is 42.4 cm³/mol. The molecule has 1 N–H and O–H groups in total. The largest absolute Gasteiger partial charge is 0.330 e. The number of rotatable bonds is 1. The van der Waals surface area contributed by atoms with Crippen LogP contribution in [0.25, 0.3) is 11.2 Å². The molecule has 2 rings (SSSR count). The second-order valence-corrected chi connectivity index (χ2v) is 2.44. The van der Waals surface area contributed by atoms with Crippen molar-refractivity contribution in [3.8, 4) is 0 Å². The van der Waals surface area contributed by atoms with E-state index in [2.05, 4.69) is 19.9 Å². The molecule has 0 aliphatic rings. The van der Waals surface area contributed by atoms with Crippen LogP contribution in [0.4, 0.5) is 0 Å². The van der Waals surface area contributed by atoms with E-state index in [4.69, 9.17) is 0 Å². The molecule has 0 unspecified atom stereocenters. The highest BCUT2D eigenvalue weighted by Crippen LogP contribution is 1.94. The van der Waals surface area contributed by atoms with Crippen molar-refractivity contribution < 1.29 is 4.63 Å². The molecule has 68 valence electrons. The Balaban J connectivity index is 3.02. The van der Waals surface area contributed by atoms with E-state index in [9.17, 15) is 9.59 Å². The predicted octanol–water partition coefficient (Wildman–Crippen LogP) is -0.907. The van der Waals surface area contributed by atoms with Crippen LogP contribution in [-0.2, 0) is 6.54 Å². The Morgan fingerprint density at radius 3 is 2.92 bits per heavy atom. The number of nitrogens with zero attached hydrogens (tertiary/aromatic N) is 3. The SMILES string of the molecule is CCn1c(=O)[nH]c2nonc2c1=O. The quantitative estimate of drug-likeness (QED) is 0.616. The maximum absolute atomic E-state index is 11.4. The van der Waals surface area contributed by atoms with Crippen LogP contribution in [0.1, 0.15) is 6.92 Å². The van der Waals surface area contributed by atoms with E-state index < -0.39 is 11.2 Å². The molecule has 0 bridgehead atoms. The van der Waals surface area contributed by atoms with Gasteiger partial charge in [-0.25, -0.2) is 9.42 Å². The second kappa shape index (κ2) is 2.54. The van der Waals surface area contributed by atoms with E-state index in [1.807, 2.05) is 0 Å². The number of hydrogen-bond donors (Lipinski definition) is 1. The lowest BCUT2D eigenvalue weighted by Gasteiger charge is -1.96. The molecule has 0 amide bonds. The van der Waals surface area contributed by atoms with Gasteiger partial charge >= 0.3 is 5.69 Å². The molecule has 0 atom stereocenters. The molecule has 0 fully saturated rings. The molecule has 0 aliphatic heterocycles. The van der Waals surface area contributed by atoms with E-state index in [-0.39, 0.29) is 17.7 Å². The zero-order chi connectivity index (χ0) is 9.42. The number of hydrogen-bond acceptors (Lipinski definition) is 5. The fourth-order valence-corrected chi connectivity index (χ4v) is 1.09. The Morgan fingerprint density at radius 1 is 1.46 bits per heavy atom. The van der Waals surface area contributed by atoms with Crippen molar-refractivity contribution in [1.82, 2.24) is 19.9 Å². The van der Waals surface area contributed by atoms with Crippen molar-refractivity contribution in [3.05, 3.63) is 20.8 Å². The molecule has 7 heteroatoms. The summed E-state index contributed by atoms with van der Waals surface area (Å²) in [5, 5.41) is 6.74. The molecule has 2 heterocycles. The molecule has 13 heavy (non-hydrogen) atoms. The Labute approximate surface area is 71.0 Å². The van der Waals surface area contributed by atoms with Crippen molar-refractivity contribution in [3.63, 3.8) is 0 Å². The Kier molecular flexibility index (Phi) is 1.51. The van der Waals surface area contributed by atoms with Crippen LogP contribution in [0.2, 0.25) is 0 Å². The molecular weight excluding hydrogens is 176 g/mol. The summed E-state index contributed by atoms with van der Waals surface area (Å²) in [6, 6.07) is 0. The summed E-state index contributed by atoms with van der Waals surface area (Å²) in [7, 11) is 0. The average molecular weight is 182 g/mol. The Bertz CT molecular complexity index is 549. The Hall–Kier alpha value is -1.92. The summed E-state index contributed by atoms with van der Waals surface area (Å²) in [6.45, 7) is 1.98. The smallest absolute Gasteiger partial charge is 0.287 e. The van der Waals surface area contributed by atoms with Crippen LogP contribution >= 0.6 is 0 Å². The van der Waals surface area contributed by atoms with Gasteiger partial charge in [-0.05, 0) is 17.2 Å². The van der Waals surface area contributed by atoms with Crippen molar-refractivity contribution in [2.75, 3.05) is 0 Å². The average Bonchev–Trinajstić information content (AvgIpc) is 2.53. The van der Waals surface area contributed by atoms with Gasteiger partial charge in [-0.3, -0.25) is 14.3 Å². The maximum Gasteiger partial charge on any atom is 0.330 e. The molecule has 0 radical (unpaired) electrons. The van der Waals surface area contributed by atoms with Crippen LogP contribution in [0, 0.1) is 0 Å². The van der Waals surface area contributed by atoms with Gasteiger partial charge in [0.1, 0.15) is 0 Å². The van der Waals surface area contributed by atoms with Crippen molar-refractivity contribution in [2.45, 2.75) is 13.5 Å². The van der Waals surface area contributed by atoms with Crippen molar-refractivity contribution in [2.24, 2.45) is 0 Å². The van der Waals surface area contributed by atoms with E-state index in [1.54, 1.807) is 6.92 Å². The van der Waals surface area contributed by atoms with E-state index in [1.165, 1.54) is 0 Å². The topological polar surface area (TPSA) is 93.8 Å². The lowest BCUT2D eigenvalue weighted by atomic mass is 10.5. The number of aromatic nitrogens is 4. The van der Waals surface area contributed by atoms with Gasteiger partial charge in [0.05, 0.1) is 0 Å². The highest BCUT2D eigenvalue weighted by molar-refractivity contribution is 5.65. The molecule has 0 spiro atoms. The molecule has 0 aromatic carbocycles. The fourth-order valence-electron chi connectivity index (χ4n) is 1.09. The summed E-state index contributed by atoms with van der Waals surface area (Å²) in [5.41, 5.74) is -0.862. The van der Waals surface area contributed by atoms with Gasteiger partial charge < -0.3 is 0 Å². The third kappa shape index (κ3) is 0.968. The van der Waals surface area contributed by atoms with Gasteiger partial charge in [-0.2, -0.15) is 0 Å². The van der Waals surface area contributed by atoms with Gasteiger partial charge in [-0.1, -0.05) is 0 Å². The summed E-state index contributed by atoms with van der Waals surface area (Å²) in [4.78, 5) is 25.0. The first-order valence-electron chi connectivity index (χ1n) is 3.69.